The highest BCUT2D eigenvalue weighted by molar-refractivity contribution is 9.10. The lowest BCUT2D eigenvalue weighted by Crippen LogP contribution is -1.93. The molecule has 0 aliphatic rings. The number of pyridine rings is 1. The molecule has 2 heterocycles. The molecule has 0 unspecified atom stereocenters. The minimum Gasteiger partial charge on any atom is -0.495 e. The van der Waals surface area contributed by atoms with Gasteiger partial charge in [-0.05, 0) is 35.0 Å². The maximum Gasteiger partial charge on any atom is 0.137 e. The molecule has 2 aromatic rings. The second-order valence-corrected chi connectivity index (χ2v) is 4.05. The van der Waals surface area contributed by atoms with Crippen molar-refractivity contribution in [2.45, 2.75) is 6.92 Å². The number of methoxy groups -OCH3 is 1. The molecule has 0 radical (unpaired) electrons. The summed E-state index contributed by atoms with van der Waals surface area (Å²) in [6.45, 7) is 1.85. The topological polar surface area (TPSA) is 47.9 Å². The van der Waals surface area contributed by atoms with E-state index >= 15 is 0 Å². The molecule has 0 aliphatic carbocycles. The van der Waals surface area contributed by atoms with Crippen LogP contribution in [0.1, 0.15) is 5.82 Å². The second kappa shape index (κ2) is 4.57. The first-order valence-corrected chi connectivity index (χ1v) is 5.49. The molecule has 0 fully saturated rings. The molecule has 4 nitrogen and oxygen atoms in total. The van der Waals surface area contributed by atoms with Gasteiger partial charge in [0.05, 0.1) is 19.0 Å². The van der Waals surface area contributed by atoms with Crippen LogP contribution in [-0.4, -0.2) is 22.1 Å². The molecule has 5 heteroatoms. The largest absolute Gasteiger partial charge is 0.495 e. The van der Waals surface area contributed by atoms with Crippen molar-refractivity contribution >= 4 is 15.9 Å². The predicted molar refractivity (Wildman–Crippen MR) is 64.3 cm³/mol. The minimum atomic E-state index is 0.713. The molecule has 0 aromatic carbocycles. The summed E-state index contributed by atoms with van der Waals surface area (Å²) in [5.41, 5.74) is 1.73. The Labute approximate surface area is 102 Å². The van der Waals surface area contributed by atoms with Crippen LogP contribution in [0.25, 0.3) is 11.3 Å². The Hall–Kier alpha value is -1.49. The number of ether oxygens (including phenoxy) is 1. The van der Waals surface area contributed by atoms with Gasteiger partial charge in [-0.2, -0.15) is 0 Å². The van der Waals surface area contributed by atoms with E-state index < -0.39 is 0 Å². The summed E-state index contributed by atoms with van der Waals surface area (Å²) in [4.78, 5) is 12.6. The van der Waals surface area contributed by atoms with Crippen LogP contribution >= 0.6 is 15.9 Å². The number of rotatable bonds is 2. The second-order valence-electron chi connectivity index (χ2n) is 3.24. The van der Waals surface area contributed by atoms with E-state index in [1.54, 1.807) is 19.5 Å². The van der Waals surface area contributed by atoms with Crippen molar-refractivity contribution in [3.63, 3.8) is 0 Å². The molecule has 0 amide bonds. The summed E-state index contributed by atoms with van der Waals surface area (Å²) < 4.78 is 5.88. The van der Waals surface area contributed by atoms with Crippen molar-refractivity contribution in [2.24, 2.45) is 0 Å². The third-order valence-corrected chi connectivity index (χ3v) is 2.46. The maximum absolute atomic E-state index is 5.12. The smallest absolute Gasteiger partial charge is 0.137 e. The van der Waals surface area contributed by atoms with E-state index in [2.05, 4.69) is 30.9 Å². The van der Waals surface area contributed by atoms with Crippen LogP contribution in [0, 0.1) is 6.92 Å². The van der Waals surface area contributed by atoms with Crippen LogP contribution in [0.5, 0.6) is 5.75 Å². The number of hydrogen-bond acceptors (Lipinski definition) is 4. The molecule has 16 heavy (non-hydrogen) atoms. The lowest BCUT2D eigenvalue weighted by atomic mass is 10.2. The van der Waals surface area contributed by atoms with Gasteiger partial charge in [-0.15, -0.1) is 0 Å². The molecule has 82 valence electrons. The summed E-state index contributed by atoms with van der Waals surface area (Å²) >= 11 is 3.34. The summed E-state index contributed by atoms with van der Waals surface area (Å²) in [5.74, 6) is 1.43. The standard InChI is InChI=1S/C11H10BrN3O/c1-7-14-10(4-11(12)15-7)8-3-9(16-2)6-13-5-8/h3-6H,1-2H3. The Bertz CT molecular complexity index is 496. The first-order valence-electron chi connectivity index (χ1n) is 4.69. The van der Waals surface area contributed by atoms with Crippen LogP contribution < -0.4 is 4.74 Å². The zero-order valence-corrected chi connectivity index (χ0v) is 10.5. The Morgan fingerprint density at radius 2 is 2.00 bits per heavy atom. The van der Waals surface area contributed by atoms with E-state index in [0.29, 0.717) is 11.6 Å². The first-order chi connectivity index (χ1) is 7.69. The fourth-order valence-electron chi connectivity index (χ4n) is 1.35. The van der Waals surface area contributed by atoms with Crippen molar-refractivity contribution in [1.82, 2.24) is 15.0 Å². The van der Waals surface area contributed by atoms with Crippen molar-refractivity contribution < 1.29 is 4.74 Å². The summed E-state index contributed by atoms with van der Waals surface area (Å²) in [6.07, 6.45) is 3.41. The number of aromatic nitrogens is 3. The zero-order chi connectivity index (χ0) is 11.5. The van der Waals surface area contributed by atoms with Crippen LogP contribution in [0.2, 0.25) is 0 Å². The number of aryl methyl sites for hydroxylation is 1. The van der Waals surface area contributed by atoms with Crippen molar-refractivity contribution in [2.75, 3.05) is 7.11 Å². The quantitative estimate of drug-likeness (QED) is 0.793. The molecule has 0 bridgehead atoms. The third kappa shape index (κ3) is 2.36. The summed E-state index contributed by atoms with van der Waals surface area (Å²) in [5, 5.41) is 0. The fourth-order valence-corrected chi connectivity index (χ4v) is 1.82. The zero-order valence-electron chi connectivity index (χ0n) is 8.94. The SMILES string of the molecule is COc1cncc(-c2cc(Br)nc(C)n2)c1. The molecular weight excluding hydrogens is 270 g/mol. The van der Waals surface area contributed by atoms with Gasteiger partial charge < -0.3 is 4.74 Å². The summed E-state index contributed by atoms with van der Waals surface area (Å²) in [7, 11) is 1.61. The van der Waals surface area contributed by atoms with Gasteiger partial charge in [-0.25, -0.2) is 9.97 Å². The van der Waals surface area contributed by atoms with Gasteiger partial charge in [0.15, 0.2) is 0 Å². The number of halogens is 1. The van der Waals surface area contributed by atoms with Gasteiger partial charge in [-0.3, -0.25) is 4.98 Å². The molecule has 2 rings (SSSR count). The first kappa shape index (κ1) is 11.0. The van der Waals surface area contributed by atoms with Crippen LogP contribution in [0.4, 0.5) is 0 Å². The molecule has 0 saturated carbocycles. The average molecular weight is 280 g/mol. The molecule has 0 saturated heterocycles. The summed E-state index contributed by atoms with van der Waals surface area (Å²) in [6, 6.07) is 3.74. The van der Waals surface area contributed by atoms with Gasteiger partial charge in [-0.1, -0.05) is 0 Å². The molecule has 0 atom stereocenters. The average Bonchev–Trinajstić information content (AvgIpc) is 2.28. The monoisotopic (exact) mass is 279 g/mol. The van der Waals surface area contributed by atoms with Crippen molar-refractivity contribution in [3.8, 4) is 17.0 Å². The highest BCUT2D eigenvalue weighted by atomic mass is 79.9. The van der Waals surface area contributed by atoms with E-state index in [9.17, 15) is 0 Å². The van der Waals surface area contributed by atoms with Gasteiger partial charge in [0, 0.05) is 11.8 Å². The molecule has 0 spiro atoms. The van der Waals surface area contributed by atoms with E-state index in [4.69, 9.17) is 4.74 Å². The third-order valence-electron chi connectivity index (χ3n) is 2.05. The molecule has 2 aromatic heterocycles. The number of nitrogens with zero attached hydrogens (tertiary/aromatic N) is 3. The lowest BCUT2D eigenvalue weighted by molar-refractivity contribution is 0.413. The Morgan fingerprint density at radius 3 is 2.69 bits per heavy atom. The van der Waals surface area contributed by atoms with Gasteiger partial charge in [0.1, 0.15) is 16.2 Å². The fraction of sp³-hybridized carbons (Fsp3) is 0.182. The van der Waals surface area contributed by atoms with Gasteiger partial charge >= 0.3 is 0 Å². The van der Waals surface area contributed by atoms with Crippen LogP contribution in [0.3, 0.4) is 0 Å². The maximum atomic E-state index is 5.12. The van der Waals surface area contributed by atoms with Crippen molar-refractivity contribution in [1.29, 1.82) is 0 Å². The van der Waals surface area contributed by atoms with Gasteiger partial charge in [0.25, 0.3) is 0 Å². The Morgan fingerprint density at radius 1 is 1.19 bits per heavy atom. The Kier molecular flexibility index (Phi) is 3.14. The van der Waals surface area contributed by atoms with E-state index in [1.807, 2.05) is 19.1 Å². The number of hydrogen-bond donors (Lipinski definition) is 0. The highest BCUT2D eigenvalue weighted by Gasteiger charge is 2.04. The van der Waals surface area contributed by atoms with Crippen LogP contribution in [0.15, 0.2) is 29.1 Å². The molecule has 0 N–H and O–H groups in total. The lowest BCUT2D eigenvalue weighted by Gasteiger charge is -2.04. The molecular formula is C11H10BrN3O. The van der Waals surface area contributed by atoms with E-state index in [-0.39, 0.29) is 0 Å². The minimum absolute atomic E-state index is 0.713. The van der Waals surface area contributed by atoms with Crippen LogP contribution in [-0.2, 0) is 0 Å². The van der Waals surface area contributed by atoms with Gasteiger partial charge in [0.2, 0.25) is 0 Å². The predicted octanol–water partition coefficient (Wildman–Crippen LogP) is 2.62. The highest BCUT2D eigenvalue weighted by Crippen LogP contribution is 2.22. The van der Waals surface area contributed by atoms with E-state index in [0.717, 1.165) is 15.9 Å². The normalized spacial score (nSPS) is 10.2. The van der Waals surface area contributed by atoms with Crippen molar-refractivity contribution in [3.05, 3.63) is 35.0 Å². The molecule has 0 aliphatic heterocycles. The van der Waals surface area contributed by atoms with E-state index in [1.165, 1.54) is 0 Å². The Balaban J connectivity index is 2.49.